The van der Waals surface area contributed by atoms with E-state index in [-0.39, 0.29) is 18.9 Å². The van der Waals surface area contributed by atoms with Gasteiger partial charge in [0.05, 0.1) is 6.10 Å². The molecule has 5 heteroatoms. The Bertz CT molecular complexity index is 211. The first-order valence-electron chi connectivity index (χ1n) is 4.09. The van der Waals surface area contributed by atoms with Crippen molar-refractivity contribution < 1.29 is 19.8 Å². The third-order valence-corrected chi connectivity index (χ3v) is 1.95. The topological polar surface area (TPSA) is 77.8 Å². The first-order valence-corrected chi connectivity index (χ1v) is 3.68. The molecule has 0 aromatic carbocycles. The number of nitrogens with zero attached hydrogens (tertiary/aromatic N) is 1. The highest BCUT2D eigenvalue weighted by Gasteiger charge is 2.37. The van der Waals surface area contributed by atoms with Crippen molar-refractivity contribution in [2.45, 2.75) is 25.5 Å². The van der Waals surface area contributed by atoms with Gasteiger partial charge in [0.2, 0.25) is 7.34 Å². The highest BCUT2D eigenvalue weighted by Crippen LogP contribution is 2.17. The van der Waals surface area contributed by atoms with E-state index in [1.165, 1.54) is 11.8 Å². The number of hydrogen-bond donors (Lipinski definition) is 2. The Balaban J connectivity index is 2.71. The molecule has 0 aliphatic carbocycles. The molecule has 0 aromatic heterocycles. The molecular weight excluding hydrogens is 162 g/mol. The second-order valence-corrected chi connectivity index (χ2v) is 2.88. The van der Waals surface area contributed by atoms with E-state index >= 15 is 0 Å². The third-order valence-electron chi connectivity index (χ3n) is 1.95. The molecule has 2 N–H and O–H groups in total. The number of carboxylic acids is 1. The molecule has 1 rings (SSSR count). The minimum Gasteiger partial charge on any atom is -0.480 e. The maximum atomic E-state index is 11.0. The first kappa shape index (κ1) is 7.54. The van der Waals surface area contributed by atoms with E-state index in [1.807, 2.05) is 0 Å². The fourth-order valence-corrected chi connectivity index (χ4v) is 1.38. The van der Waals surface area contributed by atoms with Crippen molar-refractivity contribution in [1.82, 2.24) is 4.90 Å². The lowest BCUT2D eigenvalue weighted by Gasteiger charge is -2.18. The summed E-state index contributed by atoms with van der Waals surface area (Å²) < 4.78 is 6.63. The monoisotopic (exact) mass is 174 g/mol. The van der Waals surface area contributed by atoms with Gasteiger partial charge in [0.25, 0.3) is 0 Å². The molecule has 0 bridgehead atoms. The van der Waals surface area contributed by atoms with Crippen LogP contribution in [0, 0.1) is 0 Å². The Labute approximate surface area is 71.1 Å². The van der Waals surface area contributed by atoms with Crippen LogP contribution < -0.4 is 0 Å². The van der Waals surface area contributed by atoms with Crippen LogP contribution in [0.4, 0.5) is 0 Å². The van der Waals surface area contributed by atoms with Gasteiger partial charge in [-0.3, -0.25) is 4.79 Å². The van der Waals surface area contributed by atoms with Gasteiger partial charge >= 0.3 is 5.97 Å². The zero-order chi connectivity index (χ0) is 10.0. The second-order valence-electron chi connectivity index (χ2n) is 2.88. The Morgan fingerprint density at radius 2 is 2.33 bits per heavy atom. The molecule has 1 aliphatic rings. The molecule has 0 spiro atoms. The summed E-state index contributed by atoms with van der Waals surface area (Å²) in [7, 11) is 0. The lowest BCUT2D eigenvalue weighted by Crippen LogP contribution is -2.39. The number of aliphatic hydroxyl groups is 1. The van der Waals surface area contributed by atoms with Crippen molar-refractivity contribution in [3.63, 3.8) is 0 Å². The molecule has 2 atom stereocenters. The molecule has 0 radical (unpaired) electrons. The van der Waals surface area contributed by atoms with E-state index in [9.17, 15) is 9.59 Å². The normalized spacial score (nSPS) is 30.1. The number of amides is 1. The van der Waals surface area contributed by atoms with Crippen LogP contribution >= 0.6 is 0 Å². The van der Waals surface area contributed by atoms with E-state index in [2.05, 4.69) is 5.11 Å². The molecule has 1 amide bonds. The summed E-state index contributed by atoms with van der Waals surface area (Å²) in [5, 5.41) is 13.0. The van der Waals surface area contributed by atoms with Crippen LogP contribution in [-0.4, -0.2) is 47.1 Å². The molecule has 68 valence electrons. The predicted molar refractivity (Wildman–Crippen MR) is 39.4 cm³/mol. The van der Waals surface area contributed by atoms with E-state index in [4.69, 9.17) is 6.54 Å². The molecule has 5 nitrogen and oxygen atoms in total. The van der Waals surface area contributed by atoms with Gasteiger partial charge in [-0.2, -0.15) is 0 Å². The minimum absolute atomic E-state index is 0.190. The summed E-state index contributed by atoms with van der Waals surface area (Å²) in [6, 6.07) is -0.840. The second kappa shape index (κ2) is 3.10. The molecule has 0 saturated carbocycles. The SMILES string of the molecule is [2H]O[C@H]1C[C@@H](C(=O)O)N(C(C)=O)C1. The van der Waals surface area contributed by atoms with Crippen molar-refractivity contribution in [3.8, 4) is 0 Å². The van der Waals surface area contributed by atoms with Crippen molar-refractivity contribution in [3.05, 3.63) is 0 Å². The smallest absolute Gasteiger partial charge is 0.326 e. The fraction of sp³-hybridized carbons (Fsp3) is 0.714. The lowest BCUT2D eigenvalue weighted by molar-refractivity contribution is -0.147. The van der Waals surface area contributed by atoms with Crippen molar-refractivity contribution in [1.29, 1.82) is 1.43 Å². The average molecular weight is 174 g/mol. The van der Waals surface area contributed by atoms with Crippen LogP contribution in [0.2, 0.25) is 0 Å². The summed E-state index contributed by atoms with van der Waals surface area (Å²) >= 11 is 0. The van der Waals surface area contributed by atoms with Gasteiger partial charge in [-0.25, -0.2) is 4.79 Å². The van der Waals surface area contributed by atoms with Gasteiger partial charge in [0, 0.05) is 19.9 Å². The largest absolute Gasteiger partial charge is 0.480 e. The van der Waals surface area contributed by atoms with Crippen LogP contribution in [0.15, 0.2) is 0 Å². The Morgan fingerprint density at radius 3 is 2.67 bits per heavy atom. The van der Waals surface area contributed by atoms with E-state index in [1.54, 1.807) is 0 Å². The number of hydrogen-bond acceptors (Lipinski definition) is 3. The van der Waals surface area contributed by atoms with Crippen molar-refractivity contribution in [2.75, 3.05) is 6.54 Å². The van der Waals surface area contributed by atoms with Crippen LogP contribution in [0.1, 0.15) is 13.3 Å². The number of rotatable bonds is 2. The number of carboxylic acid groups (broad SMARTS) is 1. The number of aliphatic carboxylic acids is 1. The Kier molecular flexibility index (Phi) is 1.95. The summed E-state index contributed by atoms with van der Waals surface area (Å²) in [5.74, 6) is -1.35. The number of aliphatic hydroxyl groups excluding tert-OH is 1. The van der Waals surface area contributed by atoms with Crippen molar-refractivity contribution >= 4 is 11.9 Å². The lowest BCUT2D eigenvalue weighted by atomic mass is 10.2. The van der Waals surface area contributed by atoms with Gasteiger partial charge in [0.1, 0.15) is 6.04 Å². The molecule has 0 unspecified atom stereocenters. The highest BCUT2D eigenvalue weighted by atomic mass is 16.4. The molecule has 1 fully saturated rings. The van der Waals surface area contributed by atoms with E-state index in [0.717, 1.165) is 0 Å². The Hall–Kier alpha value is -1.10. The number of carbonyl (C=O) groups is 2. The van der Waals surface area contributed by atoms with Gasteiger partial charge in [-0.15, -0.1) is 0 Å². The first-order chi connectivity index (χ1) is 6.06. The molecule has 1 aliphatic heterocycles. The quantitative estimate of drug-likeness (QED) is 0.566. The standard InChI is InChI=1S/C7H11NO4/c1-4(9)8-3-5(10)2-6(8)7(11)12/h5-6,10H,2-3H2,1H3,(H,11,12)/t5-,6-/m0/s1/i10D. The van der Waals surface area contributed by atoms with Crippen LogP contribution in [0.3, 0.4) is 0 Å². The Morgan fingerprint density at radius 1 is 1.67 bits per heavy atom. The van der Waals surface area contributed by atoms with Crippen LogP contribution in [-0.2, 0) is 9.59 Å². The predicted octanol–water partition coefficient (Wildman–Crippen LogP) is -0.947. The minimum atomic E-state index is -1.05. The van der Waals surface area contributed by atoms with Gasteiger partial charge < -0.3 is 15.1 Å². The molecule has 0 aromatic rings. The summed E-state index contributed by atoms with van der Waals surface area (Å²) in [6.07, 6.45) is -0.289. The zero-order valence-corrected chi connectivity index (χ0v) is 6.69. The van der Waals surface area contributed by atoms with Crippen molar-refractivity contribution in [2.24, 2.45) is 0 Å². The number of carbonyl (C=O) groups excluding carboxylic acids is 1. The number of β-amino-alcohol motifs (C(OH)–C–C–N with tert-alkyl or cyclic N) is 1. The zero-order valence-electron chi connectivity index (χ0n) is 7.69. The summed E-state index contributed by atoms with van der Waals surface area (Å²) in [4.78, 5) is 22.8. The molecular formula is C7H11NO4. The van der Waals surface area contributed by atoms with E-state index in [0.29, 0.717) is 0 Å². The molecule has 1 saturated heterocycles. The maximum absolute atomic E-state index is 11.0. The van der Waals surface area contributed by atoms with Crippen LogP contribution in [0.5, 0.6) is 0 Å². The summed E-state index contributed by atoms with van der Waals surface area (Å²) in [6.45, 7) is 1.50. The van der Waals surface area contributed by atoms with Gasteiger partial charge in [-0.05, 0) is 0 Å². The van der Waals surface area contributed by atoms with Crippen LogP contribution in [0.25, 0.3) is 0 Å². The highest BCUT2D eigenvalue weighted by molar-refractivity contribution is 5.83. The van der Waals surface area contributed by atoms with E-state index < -0.39 is 18.1 Å². The maximum Gasteiger partial charge on any atom is 0.326 e. The van der Waals surface area contributed by atoms with Gasteiger partial charge in [0.15, 0.2) is 0 Å². The third kappa shape index (κ3) is 1.55. The average Bonchev–Trinajstić information content (AvgIpc) is 2.47. The molecule has 12 heavy (non-hydrogen) atoms. The molecule has 1 heterocycles. The fourth-order valence-electron chi connectivity index (χ4n) is 1.38. The number of likely N-dealkylation sites (tertiary alicyclic amines) is 1. The van der Waals surface area contributed by atoms with Gasteiger partial charge in [-0.1, -0.05) is 0 Å². The summed E-state index contributed by atoms with van der Waals surface area (Å²) in [5.41, 5.74) is 0.